The fourth-order valence-electron chi connectivity index (χ4n) is 1.32. The number of rotatable bonds is 3. The van der Waals surface area contributed by atoms with Crippen LogP contribution < -0.4 is 5.73 Å². The van der Waals surface area contributed by atoms with Crippen molar-refractivity contribution in [2.75, 3.05) is 7.11 Å². The van der Waals surface area contributed by atoms with Crippen LogP contribution in [-0.2, 0) is 9.53 Å². The lowest BCUT2D eigenvalue weighted by atomic mass is 10.0. The highest BCUT2D eigenvalue weighted by Gasteiger charge is 2.15. The highest BCUT2D eigenvalue weighted by molar-refractivity contribution is 5.85. The van der Waals surface area contributed by atoms with E-state index in [1.54, 1.807) is 12.1 Å². The molecule has 1 rings (SSSR count). The maximum atomic E-state index is 13.3. The summed E-state index contributed by atoms with van der Waals surface area (Å²) in [5.41, 5.74) is 6.96. The van der Waals surface area contributed by atoms with Crippen molar-refractivity contribution in [3.63, 3.8) is 0 Å². The van der Waals surface area contributed by atoms with Gasteiger partial charge in [-0.3, -0.25) is 4.79 Å². The molecule has 0 amide bonds. The zero-order valence-corrected chi connectivity index (χ0v) is 10.0. The van der Waals surface area contributed by atoms with Gasteiger partial charge in [-0.05, 0) is 13.0 Å². The third kappa shape index (κ3) is 3.79. The summed E-state index contributed by atoms with van der Waals surface area (Å²) < 4.78 is 17.8. The van der Waals surface area contributed by atoms with Gasteiger partial charge in [0.05, 0.1) is 13.5 Å². The van der Waals surface area contributed by atoms with E-state index in [1.165, 1.54) is 13.2 Å². The first-order chi connectivity index (χ1) is 7.04. The van der Waals surface area contributed by atoms with Gasteiger partial charge in [-0.2, -0.15) is 0 Å². The molecule has 0 saturated heterocycles. The molecule has 0 fully saturated rings. The molecule has 0 aliphatic carbocycles. The Balaban J connectivity index is 0.00000225. The van der Waals surface area contributed by atoms with Crippen LogP contribution in [0.2, 0.25) is 0 Å². The van der Waals surface area contributed by atoms with Crippen LogP contribution in [0.4, 0.5) is 4.39 Å². The first kappa shape index (κ1) is 14.9. The second kappa shape index (κ2) is 6.45. The highest BCUT2D eigenvalue weighted by Crippen LogP contribution is 2.19. The standard InChI is InChI=1S/C11H14FNO2.ClH/c1-7-3-4-9(12)8(5-7)10(13)6-11(14)15-2;/h3-5,10H,6,13H2,1-2H3;1H/t10-;/m1./s1. The Bertz CT molecular complexity index is 371. The van der Waals surface area contributed by atoms with Gasteiger partial charge >= 0.3 is 5.97 Å². The number of aryl methyl sites for hydroxylation is 1. The van der Waals surface area contributed by atoms with Crippen molar-refractivity contribution < 1.29 is 13.9 Å². The van der Waals surface area contributed by atoms with Crippen LogP contribution in [0.25, 0.3) is 0 Å². The van der Waals surface area contributed by atoms with Crippen molar-refractivity contribution in [2.24, 2.45) is 5.73 Å². The number of benzene rings is 1. The normalized spacial score (nSPS) is 11.5. The van der Waals surface area contributed by atoms with E-state index in [1.807, 2.05) is 6.92 Å². The topological polar surface area (TPSA) is 52.3 Å². The van der Waals surface area contributed by atoms with Crippen LogP contribution in [0.3, 0.4) is 0 Å². The molecule has 0 unspecified atom stereocenters. The molecule has 0 radical (unpaired) electrons. The van der Waals surface area contributed by atoms with E-state index < -0.39 is 17.8 Å². The largest absolute Gasteiger partial charge is 0.469 e. The van der Waals surface area contributed by atoms with E-state index in [0.717, 1.165) is 5.56 Å². The molecule has 90 valence electrons. The zero-order chi connectivity index (χ0) is 11.4. The Morgan fingerprint density at radius 2 is 2.19 bits per heavy atom. The maximum Gasteiger partial charge on any atom is 0.307 e. The molecule has 0 saturated carbocycles. The smallest absolute Gasteiger partial charge is 0.307 e. The number of methoxy groups -OCH3 is 1. The van der Waals surface area contributed by atoms with Crippen LogP contribution in [0, 0.1) is 12.7 Å². The number of carbonyl (C=O) groups is 1. The van der Waals surface area contributed by atoms with Gasteiger partial charge in [0.15, 0.2) is 0 Å². The summed E-state index contributed by atoms with van der Waals surface area (Å²) in [7, 11) is 1.28. The number of esters is 1. The molecule has 3 nitrogen and oxygen atoms in total. The quantitative estimate of drug-likeness (QED) is 0.833. The average Bonchev–Trinajstić information content (AvgIpc) is 2.21. The molecular weight excluding hydrogens is 233 g/mol. The zero-order valence-electron chi connectivity index (χ0n) is 9.20. The summed E-state index contributed by atoms with van der Waals surface area (Å²) in [5.74, 6) is -0.833. The van der Waals surface area contributed by atoms with Crippen LogP contribution >= 0.6 is 12.4 Å². The van der Waals surface area contributed by atoms with E-state index in [9.17, 15) is 9.18 Å². The highest BCUT2D eigenvalue weighted by atomic mass is 35.5. The number of hydrogen-bond donors (Lipinski definition) is 1. The molecule has 0 aliphatic heterocycles. The third-order valence-corrected chi connectivity index (χ3v) is 2.17. The van der Waals surface area contributed by atoms with E-state index in [-0.39, 0.29) is 18.8 Å². The van der Waals surface area contributed by atoms with Crippen molar-refractivity contribution >= 4 is 18.4 Å². The summed E-state index contributed by atoms with van der Waals surface area (Å²) in [6, 6.07) is 3.99. The first-order valence-electron chi connectivity index (χ1n) is 4.63. The van der Waals surface area contributed by atoms with Gasteiger partial charge in [-0.1, -0.05) is 17.7 Å². The van der Waals surface area contributed by atoms with Gasteiger partial charge in [0.25, 0.3) is 0 Å². The minimum Gasteiger partial charge on any atom is -0.469 e. The molecule has 1 aromatic rings. The van der Waals surface area contributed by atoms with E-state index in [4.69, 9.17) is 5.73 Å². The van der Waals surface area contributed by atoms with Crippen molar-refractivity contribution in [3.8, 4) is 0 Å². The summed E-state index contributed by atoms with van der Waals surface area (Å²) in [5, 5.41) is 0. The molecule has 1 atom stereocenters. The van der Waals surface area contributed by atoms with Crippen molar-refractivity contribution in [1.82, 2.24) is 0 Å². The Kier molecular flexibility index (Phi) is 6.00. The van der Waals surface area contributed by atoms with Crippen LogP contribution in [-0.4, -0.2) is 13.1 Å². The number of nitrogens with two attached hydrogens (primary N) is 1. The average molecular weight is 248 g/mol. The van der Waals surface area contributed by atoms with Crippen molar-refractivity contribution in [3.05, 3.63) is 35.1 Å². The molecule has 16 heavy (non-hydrogen) atoms. The second-order valence-corrected chi connectivity index (χ2v) is 3.41. The fraction of sp³-hybridized carbons (Fsp3) is 0.364. The number of halogens is 2. The minimum absolute atomic E-state index is 0. The van der Waals surface area contributed by atoms with Crippen LogP contribution in [0.5, 0.6) is 0 Å². The number of hydrogen-bond acceptors (Lipinski definition) is 3. The van der Waals surface area contributed by atoms with Gasteiger partial charge < -0.3 is 10.5 Å². The lowest BCUT2D eigenvalue weighted by Crippen LogP contribution is -2.17. The maximum absolute atomic E-state index is 13.3. The van der Waals surface area contributed by atoms with Gasteiger partial charge in [-0.25, -0.2) is 4.39 Å². The van der Waals surface area contributed by atoms with E-state index in [0.29, 0.717) is 5.56 Å². The first-order valence-corrected chi connectivity index (χ1v) is 4.63. The lowest BCUT2D eigenvalue weighted by molar-refractivity contribution is -0.141. The lowest BCUT2D eigenvalue weighted by Gasteiger charge is -2.12. The molecule has 0 heterocycles. The molecule has 0 aromatic heterocycles. The third-order valence-electron chi connectivity index (χ3n) is 2.17. The molecule has 5 heteroatoms. The molecule has 2 N–H and O–H groups in total. The van der Waals surface area contributed by atoms with Gasteiger partial charge in [0, 0.05) is 11.6 Å². The SMILES string of the molecule is COC(=O)C[C@@H](N)c1cc(C)ccc1F.Cl. The predicted octanol–water partition coefficient (Wildman–Crippen LogP) is 2.12. The number of ether oxygens (including phenoxy) is 1. The predicted molar refractivity (Wildman–Crippen MR) is 61.9 cm³/mol. The van der Waals surface area contributed by atoms with E-state index in [2.05, 4.69) is 4.74 Å². The monoisotopic (exact) mass is 247 g/mol. The van der Waals surface area contributed by atoms with Crippen LogP contribution in [0.1, 0.15) is 23.6 Å². The van der Waals surface area contributed by atoms with Crippen LogP contribution in [0.15, 0.2) is 18.2 Å². The molecular formula is C11H15ClFNO2. The second-order valence-electron chi connectivity index (χ2n) is 3.41. The minimum atomic E-state index is -0.655. The molecule has 0 aliphatic rings. The molecule has 1 aromatic carbocycles. The summed E-state index contributed by atoms with van der Waals surface area (Å²) >= 11 is 0. The number of carbonyl (C=O) groups excluding carboxylic acids is 1. The Morgan fingerprint density at radius 1 is 1.56 bits per heavy atom. The van der Waals surface area contributed by atoms with Gasteiger partial charge in [-0.15, -0.1) is 12.4 Å². The molecule has 0 spiro atoms. The van der Waals surface area contributed by atoms with Gasteiger partial charge in [0.2, 0.25) is 0 Å². The van der Waals surface area contributed by atoms with E-state index >= 15 is 0 Å². The Hall–Kier alpha value is -1.13. The summed E-state index contributed by atoms with van der Waals surface area (Å²) in [6.45, 7) is 1.84. The summed E-state index contributed by atoms with van der Waals surface area (Å²) in [4.78, 5) is 11.0. The Labute approximate surface area is 100 Å². The molecule has 0 bridgehead atoms. The van der Waals surface area contributed by atoms with Gasteiger partial charge in [0.1, 0.15) is 5.82 Å². The Morgan fingerprint density at radius 3 is 2.75 bits per heavy atom. The van der Waals surface area contributed by atoms with Crippen molar-refractivity contribution in [1.29, 1.82) is 0 Å². The summed E-state index contributed by atoms with van der Waals surface area (Å²) in [6.07, 6.45) is -0.0170. The fourth-order valence-corrected chi connectivity index (χ4v) is 1.32. The van der Waals surface area contributed by atoms with Crippen molar-refractivity contribution in [2.45, 2.75) is 19.4 Å².